The molecule has 0 amide bonds. The molecule has 0 aromatic heterocycles. The summed E-state index contributed by atoms with van der Waals surface area (Å²) in [6.07, 6.45) is -1.09. The van der Waals surface area contributed by atoms with Crippen molar-refractivity contribution in [3.63, 3.8) is 0 Å². The second kappa shape index (κ2) is 3.49. The summed E-state index contributed by atoms with van der Waals surface area (Å²) in [6.45, 7) is -0.354. The summed E-state index contributed by atoms with van der Waals surface area (Å²) in [6, 6.07) is 0. The molecule has 0 aromatic carbocycles. The fraction of sp³-hybridized carbons (Fsp3) is 1.00. The number of aliphatic hydroxyl groups excluding tert-OH is 4. The lowest BCUT2D eigenvalue weighted by Gasteiger charge is -2.18. The first kappa shape index (κ1) is 8.93. The Balaban J connectivity index is 2.59. The minimum atomic E-state index is -0.674. The molecule has 11 heavy (non-hydrogen) atoms. The molecule has 0 saturated heterocycles. The molecule has 4 N–H and O–H groups in total. The van der Waals surface area contributed by atoms with Crippen molar-refractivity contribution in [1.82, 2.24) is 0 Å². The van der Waals surface area contributed by atoms with Gasteiger partial charge in [0, 0.05) is 25.0 Å². The van der Waals surface area contributed by atoms with Gasteiger partial charge in [-0.05, 0) is 6.42 Å². The van der Waals surface area contributed by atoms with E-state index in [1.54, 1.807) is 0 Å². The lowest BCUT2D eigenvalue weighted by atomic mass is 9.95. The summed E-state index contributed by atoms with van der Waals surface area (Å²) in [7, 11) is 0. The zero-order chi connectivity index (χ0) is 8.43. The maximum atomic E-state index is 9.23. The quantitative estimate of drug-likeness (QED) is 0.391. The van der Waals surface area contributed by atoms with Gasteiger partial charge in [0.2, 0.25) is 0 Å². The van der Waals surface area contributed by atoms with Gasteiger partial charge in [0.1, 0.15) is 0 Å². The van der Waals surface area contributed by atoms with Crippen molar-refractivity contribution in [2.75, 3.05) is 13.2 Å². The summed E-state index contributed by atoms with van der Waals surface area (Å²) in [5, 5.41) is 36.0. The van der Waals surface area contributed by atoms with Crippen LogP contribution in [0.25, 0.3) is 0 Å². The summed E-state index contributed by atoms with van der Waals surface area (Å²) in [4.78, 5) is 0. The molecule has 0 unspecified atom stereocenters. The van der Waals surface area contributed by atoms with E-state index < -0.39 is 12.2 Å². The monoisotopic (exact) mass is 162 g/mol. The van der Waals surface area contributed by atoms with Crippen LogP contribution in [0.5, 0.6) is 0 Å². The third kappa shape index (κ3) is 1.54. The summed E-state index contributed by atoms with van der Waals surface area (Å²) < 4.78 is 0. The molecule has 1 fully saturated rings. The van der Waals surface area contributed by atoms with Gasteiger partial charge in [-0.15, -0.1) is 0 Å². The van der Waals surface area contributed by atoms with Gasteiger partial charge in [-0.2, -0.15) is 0 Å². The first-order chi connectivity index (χ1) is 5.20. The zero-order valence-corrected chi connectivity index (χ0v) is 6.22. The minimum Gasteiger partial charge on any atom is -0.396 e. The van der Waals surface area contributed by atoms with Crippen molar-refractivity contribution in [2.24, 2.45) is 11.8 Å². The van der Waals surface area contributed by atoms with Gasteiger partial charge in [-0.25, -0.2) is 0 Å². The van der Waals surface area contributed by atoms with Gasteiger partial charge in [-0.3, -0.25) is 0 Å². The average molecular weight is 162 g/mol. The molecular formula is C7H14O4. The van der Waals surface area contributed by atoms with E-state index in [1.807, 2.05) is 0 Å². The van der Waals surface area contributed by atoms with Crippen molar-refractivity contribution in [2.45, 2.75) is 18.6 Å². The van der Waals surface area contributed by atoms with Crippen LogP contribution in [0.1, 0.15) is 6.42 Å². The molecule has 1 saturated carbocycles. The van der Waals surface area contributed by atoms with E-state index in [0.717, 1.165) is 0 Å². The van der Waals surface area contributed by atoms with Crippen molar-refractivity contribution < 1.29 is 20.4 Å². The second-order valence-electron chi connectivity index (χ2n) is 3.06. The van der Waals surface area contributed by atoms with Gasteiger partial charge in [-0.1, -0.05) is 0 Å². The zero-order valence-electron chi connectivity index (χ0n) is 6.22. The van der Waals surface area contributed by atoms with E-state index in [4.69, 9.17) is 10.2 Å². The molecule has 0 spiro atoms. The van der Waals surface area contributed by atoms with Gasteiger partial charge in [0.05, 0.1) is 12.2 Å². The molecular weight excluding hydrogens is 148 g/mol. The Morgan fingerprint density at radius 2 is 1.27 bits per heavy atom. The molecule has 4 atom stereocenters. The lowest BCUT2D eigenvalue weighted by Crippen LogP contribution is -2.27. The third-order valence-electron chi connectivity index (χ3n) is 2.44. The third-order valence-corrected chi connectivity index (χ3v) is 2.44. The number of rotatable bonds is 2. The van der Waals surface area contributed by atoms with E-state index in [-0.39, 0.29) is 31.5 Å². The van der Waals surface area contributed by atoms with Crippen LogP contribution < -0.4 is 0 Å². The Morgan fingerprint density at radius 1 is 0.909 bits per heavy atom. The van der Waals surface area contributed by atoms with Crippen LogP contribution in [-0.2, 0) is 0 Å². The first-order valence-corrected chi connectivity index (χ1v) is 3.78. The summed E-state index contributed by atoms with van der Waals surface area (Å²) >= 11 is 0. The van der Waals surface area contributed by atoms with Gasteiger partial charge < -0.3 is 20.4 Å². The van der Waals surface area contributed by atoms with Crippen LogP contribution in [-0.4, -0.2) is 45.8 Å². The largest absolute Gasteiger partial charge is 0.396 e. The predicted octanol–water partition coefficient (Wildman–Crippen LogP) is -1.67. The molecule has 0 heterocycles. The Labute approximate surface area is 65.1 Å². The normalized spacial score (nSPS) is 44.7. The molecule has 0 radical (unpaired) electrons. The molecule has 0 aliphatic heterocycles. The van der Waals surface area contributed by atoms with Crippen LogP contribution in [0.2, 0.25) is 0 Å². The van der Waals surface area contributed by atoms with Crippen molar-refractivity contribution in [3.05, 3.63) is 0 Å². The van der Waals surface area contributed by atoms with E-state index in [1.165, 1.54) is 0 Å². The maximum Gasteiger partial charge on any atom is 0.0619 e. The van der Waals surface area contributed by atoms with E-state index in [2.05, 4.69) is 0 Å². The molecule has 0 bridgehead atoms. The topological polar surface area (TPSA) is 80.9 Å². The van der Waals surface area contributed by atoms with E-state index >= 15 is 0 Å². The van der Waals surface area contributed by atoms with Crippen LogP contribution in [0.4, 0.5) is 0 Å². The average Bonchev–Trinajstić information content (AvgIpc) is 2.24. The molecule has 1 rings (SSSR count). The smallest absolute Gasteiger partial charge is 0.0619 e. The number of hydrogen-bond acceptors (Lipinski definition) is 4. The molecule has 1 aliphatic rings. The highest BCUT2D eigenvalue weighted by Crippen LogP contribution is 2.31. The summed E-state index contributed by atoms with van der Waals surface area (Å²) in [5.74, 6) is -0.731. The second-order valence-corrected chi connectivity index (χ2v) is 3.06. The van der Waals surface area contributed by atoms with Gasteiger partial charge >= 0.3 is 0 Å². The Kier molecular flexibility index (Phi) is 2.84. The van der Waals surface area contributed by atoms with Crippen molar-refractivity contribution in [1.29, 1.82) is 0 Å². The van der Waals surface area contributed by atoms with Gasteiger partial charge in [0.25, 0.3) is 0 Å². The van der Waals surface area contributed by atoms with Crippen LogP contribution in [0, 0.1) is 11.8 Å². The lowest BCUT2D eigenvalue weighted by molar-refractivity contribution is 0.0381. The van der Waals surface area contributed by atoms with E-state index in [0.29, 0.717) is 0 Å². The highest BCUT2D eigenvalue weighted by Gasteiger charge is 2.40. The number of aliphatic hydroxyl groups is 4. The SMILES string of the molecule is OC[C@@H]1[C@@H](CO)[C@@H](O)C[C@@H]1O. The molecule has 4 nitrogen and oxygen atoms in total. The highest BCUT2D eigenvalue weighted by molar-refractivity contribution is 4.90. The van der Waals surface area contributed by atoms with Crippen LogP contribution >= 0.6 is 0 Å². The minimum absolute atomic E-state index is 0.177. The first-order valence-electron chi connectivity index (χ1n) is 3.78. The molecule has 1 aliphatic carbocycles. The highest BCUT2D eigenvalue weighted by atomic mass is 16.3. The van der Waals surface area contributed by atoms with E-state index in [9.17, 15) is 10.2 Å². The fourth-order valence-electron chi connectivity index (χ4n) is 1.68. The van der Waals surface area contributed by atoms with Crippen LogP contribution in [0.3, 0.4) is 0 Å². The van der Waals surface area contributed by atoms with Crippen molar-refractivity contribution >= 4 is 0 Å². The Bertz CT molecular complexity index is 114. The molecule has 0 aromatic rings. The Hall–Kier alpha value is -0.160. The van der Waals surface area contributed by atoms with Crippen molar-refractivity contribution in [3.8, 4) is 0 Å². The Morgan fingerprint density at radius 3 is 1.55 bits per heavy atom. The summed E-state index contributed by atoms with van der Waals surface area (Å²) in [5.41, 5.74) is 0. The fourth-order valence-corrected chi connectivity index (χ4v) is 1.68. The van der Waals surface area contributed by atoms with Crippen LogP contribution in [0.15, 0.2) is 0 Å². The number of hydrogen-bond donors (Lipinski definition) is 4. The standard InChI is InChI=1S/C7H14O4/c8-2-4-5(3-9)7(11)1-6(4)10/h4-11H,1-3H2/t4-,5-,6+,7+/m1/s1. The maximum absolute atomic E-state index is 9.23. The molecule has 66 valence electrons. The predicted molar refractivity (Wildman–Crippen MR) is 37.8 cm³/mol. The van der Waals surface area contributed by atoms with Gasteiger partial charge in [0.15, 0.2) is 0 Å². The molecule has 4 heteroatoms.